The summed E-state index contributed by atoms with van der Waals surface area (Å²) in [5.74, 6) is 0.393. The van der Waals surface area contributed by atoms with Crippen molar-refractivity contribution < 1.29 is 9.53 Å². The number of hydrogen-bond donors (Lipinski definition) is 0. The molecule has 0 aromatic rings. The lowest BCUT2D eigenvalue weighted by molar-refractivity contribution is -0.137. The van der Waals surface area contributed by atoms with Gasteiger partial charge in [-0.1, -0.05) is 19.9 Å². The van der Waals surface area contributed by atoms with Crippen LogP contribution in [0.1, 0.15) is 46.5 Å². The minimum atomic E-state index is -0.172. The lowest BCUT2D eigenvalue weighted by atomic mass is 10.0. The lowest BCUT2D eigenvalue weighted by Crippen LogP contribution is -1.97. The van der Waals surface area contributed by atoms with Crippen LogP contribution in [0.5, 0.6) is 0 Å². The number of rotatable bonds is 7. The molecule has 0 N–H and O–H groups in total. The van der Waals surface area contributed by atoms with E-state index in [1.54, 1.807) is 13.2 Å². The van der Waals surface area contributed by atoms with Gasteiger partial charge in [-0.3, -0.25) is 4.79 Å². The quantitative estimate of drug-likeness (QED) is 0.362. The van der Waals surface area contributed by atoms with Crippen molar-refractivity contribution in [3.63, 3.8) is 0 Å². The number of esters is 1. The van der Waals surface area contributed by atoms with Crippen LogP contribution in [0.3, 0.4) is 0 Å². The molecule has 0 saturated heterocycles. The number of hydrogen-bond acceptors (Lipinski definition) is 2. The van der Waals surface area contributed by atoms with Crippen LogP contribution in [0, 0.1) is 5.92 Å². The molecule has 0 aliphatic rings. The normalized spacial score (nSPS) is 13.4. The zero-order valence-corrected chi connectivity index (χ0v) is 10.1. The second kappa shape index (κ2) is 8.27. The molecule has 0 aromatic carbocycles. The van der Waals surface area contributed by atoms with E-state index in [2.05, 4.69) is 13.5 Å². The van der Waals surface area contributed by atoms with Crippen molar-refractivity contribution in [3.8, 4) is 0 Å². The van der Waals surface area contributed by atoms with Crippen LogP contribution in [0.2, 0.25) is 0 Å². The van der Waals surface area contributed by atoms with Gasteiger partial charge < -0.3 is 4.74 Å². The van der Waals surface area contributed by atoms with Crippen LogP contribution in [-0.4, -0.2) is 5.97 Å². The van der Waals surface area contributed by atoms with E-state index in [4.69, 9.17) is 4.74 Å². The van der Waals surface area contributed by atoms with E-state index in [1.807, 2.05) is 13.0 Å². The molecule has 86 valence electrons. The van der Waals surface area contributed by atoms with Crippen LogP contribution < -0.4 is 0 Å². The fourth-order valence-electron chi connectivity index (χ4n) is 1.13. The monoisotopic (exact) mass is 210 g/mol. The molecule has 0 radical (unpaired) electrons. The molecule has 15 heavy (non-hydrogen) atoms. The zero-order chi connectivity index (χ0) is 11.7. The first kappa shape index (κ1) is 13.9. The first-order valence-corrected chi connectivity index (χ1v) is 5.57. The molecular formula is C13H22O2. The third-order valence-electron chi connectivity index (χ3n) is 2.31. The number of ether oxygens (including phenoxy) is 1. The molecular weight excluding hydrogens is 188 g/mol. The largest absolute Gasteiger partial charge is 0.435 e. The molecule has 0 heterocycles. The highest BCUT2D eigenvalue weighted by Gasteiger charge is 1.99. The number of allylic oxidation sites excluding steroid dienone is 2. The standard InChI is InChI=1S/C13H22O2/c1-5-11(3)8-7-9-12(4)10-15-13(14)6-2/h5,10-11H,1,6-9H2,2-4H3/b12-10+. The van der Waals surface area contributed by atoms with Gasteiger partial charge in [0.05, 0.1) is 6.26 Å². The first-order chi connectivity index (χ1) is 7.10. The van der Waals surface area contributed by atoms with Crippen LogP contribution in [-0.2, 0) is 9.53 Å². The Bertz CT molecular complexity index is 229. The van der Waals surface area contributed by atoms with Crippen molar-refractivity contribution in [2.45, 2.75) is 46.5 Å². The van der Waals surface area contributed by atoms with E-state index in [-0.39, 0.29) is 5.97 Å². The summed E-state index contributed by atoms with van der Waals surface area (Å²) in [5.41, 5.74) is 1.12. The van der Waals surface area contributed by atoms with Crippen LogP contribution in [0.4, 0.5) is 0 Å². The third kappa shape index (κ3) is 7.98. The second-order valence-electron chi connectivity index (χ2n) is 3.91. The van der Waals surface area contributed by atoms with Gasteiger partial charge in [0, 0.05) is 6.42 Å². The molecule has 0 amide bonds. The molecule has 0 bridgehead atoms. The molecule has 1 atom stereocenters. The van der Waals surface area contributed by atoms with Gasteiger partial charge in [-0.15, -0.1) is 6.58 Å². The Hall–Kier alpha value is -1.05. The topological polar surface area (TPSA) is 26.3 Å². The molecule has 0 fully saturated rings. The Morgan fingerprint density at radius 2 is 2.20 bits per heavy atom. The molecule has 2 nitrogen and oxygen atoms in total. The molecule has 2 heteroatoms. The van der Waals surface area contributed by atoms with Crippen molar-refractivity contribution in [1.82, 2.24) is 0 Å². The summed E-state index contributed by atoms with van der Waals surface area (Å²) < 4.78 is 4.92. The van der Waals surface area contributed by atoms with Gasteiger partial charge in [-0.05, 0) is 37.7 Å². The van der Waals surface area contributed by atoms with E-state index in [0.29, 0.717) is 12.3 Å². The summed E-state index contributed by atoms with van der Waals surface area (Å²) in [5, 5.41) is 0. The maximum atomic E-state index is 10.9. The summed E-state index contributed by atoms with van der Waals surface area (Å²) in [6.07, 6.45) is 7.20. The average molecular weight is 210 g/mol. The second-order valence-corrected chi connectivity index (χ2v) is 3.91. The van der Waals surface area contributed by atoms with Gasteiger partial charge in [0.15, 0.2) is 0 Å². The maximum absolute atomic E-state index is 10.9. The smallest absolute Gasteiger partial charge is 0.310 e. The molecule has 0 saturated carbocycles. The van der Waals surface area contributed by atoms with Crippen LogP contribution >= 0.6 is 0 Å². The molecule has 1 unspecified atom stereocenters. The van der Waals surface area contributed by atoms with E-state index in [0.717, 1.165) is 24.8 Å². The van der Waals surface area contributed by atoms with Gasteiger partial charge in [-0.2, -0.15) is 0 Å². The number of carbonyl (C=O) groups excluding carboxylic acids is 1. The zero-order valence-electron chi connectivity index (χ0n) is 10.1. The van der Waals surface area contributed by atoms with Crippen molar-refractivity contribution in [3.05, 3.63) is 24.5 Å². The highest BCUT2D eigenvalue weighted by molar-refractivity contribution is 5.69. The van der Waals surface area contributed by atoms with E-state index in [1.165, 1.54) is 0 Å². The fraction of sp³-hybridized carbons (Fsp3) is 0.615. The van der Waals surface area contributed by atoms with Gasteiger partial charge in [0.1, 0.15) is 0 Å². The van der Waals surface area contributed by atoms with Gasteiger partial charge >= 0.3 is 5.97 Å². The molecule has 0 spiro atoms. The summed E-state index contributed by atoms with van der Waals surface area (Å²) in [4.78, 5) is 10.9. The summed E-state index contributed by atoms with van der Waals surface area (Å²) in [7, 11) is 0. The summed E-state index contributed by atoms with van der Waals surface area (Å²) in [6.45, 7) is 9.68. The Morgan fingerprint density at radius 3 is 2.73 bits per heavy atom. The minimum absolute atomic E-state index is 0.172. The first-order valence-electron chi connectivity index (χ1n) is 5.57. The maximum Gasteiger partial charge on any atom is 0.310 e. The number of carbonyl (C=O) groups is 1. The van der Waals surface area contributed by atoms with Crippen molar-refractivity contribution >= 4 is 5.97 Å². The Morgan fingerprint density at radius 1 is 1.53 bits per heavy atom. The summed E-state index contributed by atoms with van der Waals surface area (Å²) >= 11 is 0. The predicted octanol–water partition coefficient (Wildman–Crippen LogP) is 3.84. The Labute approximate surface area is 93.0 Å². The van der Waals surface area contributed by atoms with Gasteiger partial charge in [0.2, 0.25) is 0 Å². The molecule has 0 aliphatic heterocycles. The van der Waals surface area contributed by atoms with Gasteiger partial charge in [0.25, 0.3) is 0 Å². The van der Waals surface area contributed by atoms with Crippen molar-refractivity contribution in [2.75, 3.05) is 0 Å². The molecule has 0 rings (SSSR count). The van der Waals surface area contributed by atoms with Crippen molar-refractivity contribution in [1.29, 1.82) is 0 Å². The predicted molar refractivity (Wildman–Crippen MR) is 63.4 cm³/mol. The third-order valence-corrected chi connectivity index (χ3v) is 2.31. The molecule has 0 aromatic heterocycles. The SMILES string of the molecule is C=CC(C)CCC/C(C)=C/OC(=O)CC. The van der Waals surface area contributed by atoms with E-state index < -0.39 is 0 Å². The molecule has 0 aliphatic carbocycles. The van der Waals surface area contributed by atoms with Crippen LogP contribution in [0.15, 0.2) is 24.5 Å². The minimum Gasteiger partial charge on any atom is -0.435 e. The van der Waals surface area contributed by atoms with Gasteiger partial charge in [-0.25, -0.2) is 0 Å². The van der Waals surface area contributed by atoms with Crippen LogP contribution in [0.25, 0.3) is 0 Å². The van der Waals surface area contributed by atoms with Crippen molar-refractivity contribution in [2.24, 2.45) is 5.92 Å². The highest BCUT2D eigenvalue weighted by Crippen LogP contribution is 2.12. The highest BCUT2D eigenvalue weighted by atomic mass is 16.5. The van der Waals surface area contributed by atoms with E-state index >= 15 is 0 Å². The fourth-order valence-corrected chi connectivity index (χ4v) is 1.13. The lowest BCUT2D eigenvalue weighted by Gasteiger charge is -2.05. The Kier molecular flexibility index (Phi) is 7.69. The van der Waals surface area contributed by atoms with E-state index in [9.17, 15) is 4.79 Å². The average Bonchev–Trinajstić information content (AvgIpc) is 2.25. The summed E-state index contributed by atoms with van der Waals surface area (Å²) in [6, 6.07) is 0. The Balaban J connectivity index is 3.68.